The Labute approximate surface area is 174 Å². The Morgan fingerprint density at radius 3 is 2.40 bits per heavy atom. The molecule has 0 radical (unpaired) electrons. The lowest BCUT2D eigenvalue weighted by molar-refractivity contribution is -0.122. The first-order valence-corrected chi connectivity index (χ1v) is 10.5. The number of hydrogen-bond donors (Lipinski definition) is 2. The van der Waals surface area contributed by atoms with Gasteiger partial charge in [-0.1, -0.05) is 6.07 Å². The van der Waals surface area contributed by atoms with Gasteiger partial charge in [-0.2, -0.15) is 0 Å². The van der Waals surface area contributed by atoms with Gasteiger partial charge < -0.3 is 14.8 Å². The number of carbonyl (C=O) groups is 1. The lowest BCUT2D eigenvalue weighted by Crippen LogP contribution is -2.30. The van der Waals surface area contributed by atoms with E-state index in [1.54, 1.807) is 56.6 Å². The van der Waals surface area contributed by atoms with Crippen LogP contribution < -0.4 is 19.5 Å². The molecule has 156 valence electrons. The van der Waals surface area contributed by atoms with E-state index in [4.69, 9.17) is 9.47 Å². The SMILES string of the molecule is COc1cccc(O[C@@H](C)C(=O)Nc2ccc(S(=O)(=O)Nc3cccnc3)cc2)c1. The van der Waals surface area contributed by atoms with Gasteiger partial charge in [0.15, 0.2) is 6.10 Å². The first-order valence-electron chi connectivity index (χ1n) is 9.02. The number of nitrogens with zero attached hydrogens (tertiary/aromatic N) is 1. The standard InChI is InChI=1S/C21H21N3O5S/c1-15(29-19-7-3-6-18(13-19)28-2)21(25)23-16-8-10-20(11-9-16)30(26,27)24-17-5-4-12-22-14-17/h3-15,24H,1-2H3,(H,23,25)/t15-/m0/s1. The molecule has 30 heavy (non-hydrogen) atoms. The Balaban J connectivity index is 1.62. The summed E-state index contributed by atoms with van der Waals surface area (Å²) in [5, 5.41) is 2.70. The van der Waals surface area contributed by atoms with Crippen molar-refractivity contribution >= 4 is 27.3 Å². The average molecular weight is 427 g/mol. The summed E-state index contributed by atoms with van der Waals surface area (Å²) in [4.78, 5) is 16.3. The number of carbonyl (C=O) groups excluding carboxylic acids is 1. The van der Waals surface area contributed by atoms with Gasteiger partial charge in [-0.25, -0.2) is 8.42 Å². The number of nitrogens with one attached hydrogen (secondary N) is 2. The van der Waals surface area contributed by atoms with Gasteiger partial charge in [-0.15, -0.1) is 0 Å². The summed E-state index contributed by atoms with van der Waals surface area (Å²) in [6, 6.07) is 16.0. The first-order chi connectivity index (χ1) is 14.4. The van der Waals surface area contributed by atoms with Gasteiger partial charge in [0.05, 0.1) is 23.9 Å². The van der Waals surface area contributed by atoms with Crippen LogP contribution in [0.1, 0.15) is 6.92 Å². The molecule has 1 aromatic heterocycles. The number of amides is 1. The molecule has 1 atom stereocenters. The van der Waals surface area contributed by atoms with Gasteiger partial charge in [0.25, 0.3) is 15.9 Å². The van der Waals surface area contributed by atoms with Crippen molar-refractivity contribution in [1.29, 1.82) is 0 Å². The van der Waals surface area contributed by atoms with E-state index in [2.05, 4.69) is 15.0 Å². The Kier molecular flexibility index (Phi) is 6.53. The largest absolute Gasteiger partial charge is 0.497 e. The smallest absolute Gasteiger partial charge is 0.265 e. The number of ether oxygens (including phenoxy) is 2. The van der Waals surface area contributed by atoms with Crippen molar-refractivity contribution in [3.8, 4) is 11.5 Å². The zero-order valence-corrected chi connectivity index (χ0v) is 17.2. The van der Waals surface area contributed by atoms with Crippen molar-refractivity contribution in [1.82, 2.24) is 4.98 Å². The number of benzene rings is 2. The summed E-state index contributed by atoms with van der Waals surface area (Å²) < 4.78 is 38.1. The number of sulfonamides is 1. The van der Waals surface area contributed by atoms with Gasteiger partial charge in [-0.05, 0) is 55.5 Å². The quantitative estimate of drug-likeness (QED) is 0.571. The van der Waals surface area contributed by atoms with Gasteiger partial charge in [0, 0.05) is 18.0 Å². The summed E-state index contributed by atoms with van der Waals surface area (Å²) in [5.74, 6) is 0.749. The van der Waals surface area contributed by atoms with Gasteiger partial charge in [-0.3, -0.25) is 14.5 Å². The van der Waals surface area contributed by atoms with E-state index in [1.165, 1.54) is 30.5 Å². The molecule has 0 fully saturated rings. The molecule has 0 saturated heterocycles. The number of aromatic nitrogens is 1. The van der Waals surface area contributed by atoms with Crippen LogP contribution in [0.25, 0.3) is 0 Å². The molecule has 0 unspecified atom stereocenters. The molecule has 3 rings (SSSR count). The third kappa shape index (κ3) is 5.48. The molecule has 9 heteroatoms. The monoisotopic (exact) mass is 427 g/mol. The fourth-order valence-corrected chi connectivity index (χ4v) is 3.57. The highest BCUT2D eigenvalue weighted by atomic mass is 32.2. The molecule has 0 aliphatic heterocycles. The highest BCUT2D eigenvalue weighted by Gasteiger charge is 2.17. The van der Waals surface area contributed by atoms with Crippen LogP contribution in [0.4, 0.5) is 11.4 Å². The summed E-state index contributed by atoms with van der Waals surface area (Å²) in [7, 11) is -2.21. The van der Waals surface area contributed by atoms with E-state index in [9.17, 15) is 13.2 Å². The van der Waals surface area contributed by atoms with Crippen molar-refractivity contribution in [3.05, 3.63) is 73.1 Å². The maximum Gasteiger partial charge on any atom is 0.265 e. The van der Waals surface area contributed by atoms with Crippen LogP contribution in [-0.4, -0.2) is 32.5 Å². The minimum atomic E-state index is -3.76. The van der Waals surface area contributed by atoms with Crippen LogP contribution in [-0.2, 0) is 14.8 Å². The Hall–Kier alpha value is -3.59. The highest BCUT2D eigenvalue weighted by Crippen LogP contribution is 2.21. The number of pyridine rings is 1. The minimum Gasteiger partial charge on any atom is -0.497 e. The zero-order chi connectivity index (χ0) is 21.6. The van der Waals surface area contributed by atoms with Crippen LogP contribution in [0.5, 0.6) is 11.5 Å². The maximum absolute atomic E-state index is 12.4. The second kappa shape index (κ2) is 9.27. The Morgan fingerprint density at radius 1 is 1.00 bits per heavy atom. The second-order valence-corrected chi connectivity index (χ2v) is 7.98. The highest BCUT2D eigenvalue weighted by molar-refractivity contribution is 7.92. The minimum absolute atomic E-state index is 0.0602. The van der Waals surface area contributed by atoms with Crippen molar-refractivity contribution in [2.45, 2.75) is 17.9 Å². The van der Waals surface area contributed by atoms with Crippen LogP contribution >= 0.6 is 0 Å². The topological polar surface area (TPSA) is 107 Å². The third-order valence-electron chi connectivity index (χ3n) is 4.07. The molecular weight excluding hydrogens is 406 g/mol. The van der Waals surface area contributed by atoms with Crippen molar-refractivity contribution in [2.75, 3.05) is 17.1 Å². The fourth-order valence-electron chi connectivity index (χ4n) is 2.53. The molecule has 0 spiro atoms. The first kappa shape index (κ1) is 21.1. The lowest BCUT2D eigenvalue weighted by atomic mass is 10.3. The van der Waals surface area contributed by atoms with Crippen molar-refractivity contribution < 1.29 is 22.7 Å². The Bertz CT molecular complexity index is 1100. The predicted octanol–water partition coefficient (Wildman–Crippen LogP) is 3.30. The molecule has 1 amide bonds. The number of rotatable bonds is 8. The van der Waals surface area contributed by atoms with E-state index in [0.29, 0.717) is 22.9 Å². The fraction of sp³-hybridized carbons (Fsp3) is 0.143. The molecule has 1 heterocycles. The van der Waals surface area contributed by atoms with E-state index in [0.717, 1.165) is 0 Å². The average Bonchev–Trinajstić information content (AvgIpc) is 2.74. The summed E-state index contributed by atoms with van der Waals surface area (Å²) in [5.41, 5.74) is 0.805. The van der Waals surface area contributed by atoms with Crippen molar-refractivity contribution in [3.63, 3.8) is 0 Å². The van der Waals surface area contributed by atoms with Gasteiger partial charge in [0.2, 0.25) is 0 Å². The maximum atomic E-state index is 12.4. The molecule has 0 bridgehead atoms. The molecular formula is C21H21N3O5S. The molecule has 2 N–H and O–H groups in total. The molecule has 2 aromatic carbocycles. The molecule has 3 aromatic rings. The predicted molar refractivity (Wildman–Crippen MR) is 113 cm³/mol. The number of anilines is 2. The number of methoxy groups -OCH3 is 1. The molecule has 0 aliphatic carbocycles. The van der Waals surface area contributed by atoms with Gasteiger partial charge >= 0.3 is 0 Å². The van der Waals surface area contributed by atoms with E-state index >= 15 is 0 Å². The van der Waals surface area contributed by atoms with Gasteiger partial charge in [0.1, 0.15) is 11.5 Å². The van der Waals surface area contributed by atoms with E-state index in [-0.39, 0.29) is 10.8 Å². The molecule has 0 aliphatic rings. The number of hydrogen-bond acceptors (Lipinski definition) is 6. The zero-order valence-electron chi connectivity index (χ0n) is 16.4. The van der Waals surface area contributed by atoms with E-state index in [1.807, 2.05) is 0 Å². The molecule has 0 saturated carbocycles. The summed E-state index contributed by atoms with van der Waals surface area (Å²) >= 11 is 0. The van der Waals surface area contributed by atoms with Crippen LogP contribution in [0.2, 0.25) is 0 Å². The van der Waals surface area contributed by atoms with Crippen LogP contribution in [0, 0.1) is 0 Å². The lowest BCUT2D eigenvalue weighted by Gasteiger charge is -2.15. The van der Waals surface area contributed by atoms with Crippen molar-refractivity contribution in [2.24, 2.45) is 0 Å². The Morgan fingerprint density at radius 2 is 1.73 bits per heavy atom. The summed E-state index contributed by atoms with van der Waals surface area (Å²) in [6.45, 7) is 1.62. The van der Waals surface area contributed by atoms with Crippen LogP contribution in [0.3, 0.4) is 0 Å². The second-order valence-electron chi connectivity index (χ2n) is 6.30. The summed E-state index contributed by atoms with van der Waals surface area (Å²) in [6.07, 6.45) is 2.19. The normalized spacial score (nSPS) is 11.9. The molecule has 8 nitrogen and oxygen atoms in total. The van der Waals surface area contributed by atoms with Crippen LogP contribution in [0.15, 0.2) is 78.0 Å². The van der Waals surface area contributed by atoms with E-state index < -0.39 is 16.1 Å². The third-order valence-corrected chi connectivity index (χ3v) is 5.47.